The minimum absolute atomic E-state index is 0.203. The van der Waals surface area contributed by atoms with Gasteiger partial charge >= 0.3 is 0 Å². The Morgan fingerprint density at radius 3 is 2.50 bits per heavy atom. The highest BCUT2D eigenvalue weighted by Crippen LogP contribution is 2.16. The molecular weight excluding hydrogens is 176 g/mol. The van der Waals surface area contributed by atoms with Gasteiger partial charge in [0.1, 0.15) is 0 Å². The van der Waals surface area contributed by atoms with Gasteiger partial charge in [-0.3, -0.25) is 0 Å². The molecular formula is C11H24N2O. The number of rotatable bonds is 4. The lowest BCUT2D eigenvalue weighted by molar-refractivity contribution is 0.117. The van der Waals surface area contributed by atoms with Crippen molar-refractivity contribution in [3.63, 3.8) is 0 Å². The van der Waals surface area contributed by atoms with Gasteiger partial charge in [-0.15, -0.1) is 0 Å². The van der Waals surface area contributed by atoms with Crippen LogP contribution in [0.1, 0.15) is 19.8 Å². The highest BCUT2D eigenvalue weighted by molar-refractivity contribution is 4.72. The first-order valence-electron chi connectivity index (χ1n) is 5.63. The van der Waals surface area contributed by atoms with Crippen LogP contribution in [0.3, 0.4) is 0 Å². The Kier molecular flexibility index (Phi) is 4.85. The first kappa shape index (κ1) is 12.0. The summed E-state index contributed by atoms with van der Waals surface area (Å²) >= 11 is 0. The number of likely N-dealkylation sites (N-methyl/N-ethyl adjacent to an activating group) is 1. The van der Waals surface area contributed by atoms with Crippen molar-refractivity contribution in [2.75, 3.05) is 40.3 Å². The highest BCUT2D eigenvalue weighted by Gasteiger charge is 2.18. The Balaban J connectivity index is 2.17. The predicted octanol–water partition coefficient (Wildman–Crippen LogP) is 0.641. The van der Waals surface area contributed by atoms with Crippen LogP contribution < -0.4 is 0 Å². The van der Waals surface area contributed by atoms with Gasteiger partial charge < -0.3 is 14.9 Å². The summed E-state index contributed by atoms with van der Waals surface area (Å²) in [5.41, 5.74) is 0. The maximum Gasteiger partial charge on any atom is 0.0638 e. The first-order chi connectivity index (χ1) is 6.58. The average Bonchev–Trinajstić information content (AvgIpc) is 2.07. The molecule has 84 valence electrons. The molecule has 0 amide bonds. The van der Waals surface area contributed by atoms with E-state index in [4.69, 9.17) is 0 Å². The van der Waals surface area contributed by atoms with Gasteiger partial charge in [0.25, 0.3) is 0 Å². The van der Waals surface area contributed by atoms with Crippen molar-refractivity contribution in [2.24, 2.45) is 5.92 Å². The summed E-state index contributed by atoms with van der Waals surface area (Å²) in [4.78, 5) is 4.64. The molecule has 0 bridgehead atoms. The van der Waals surface area contributed by atoms with Crippen LogP contribution in [0.4, 0.5) is 0 Å². The van der Waals surface area contributed by atoms with Gasteiger partial charge in [0, 0.05) is 13.1 Å². The zero-order valence-electron chi connectivity index (χ0n) is 9.74. The number of aliphatic hydroxyl groups excluding tert-OH is 1. The Morgan fingerprint density at radius 2 is 2.00 bits per heavy atom. The van der Waals surface area contributed by atoms with Gasteiger partial charge in [0.15, 0.2) is 0 Å². The Labute approximate surface area is 87.7 Å². The molecule has 1 aliphatic heterocycles. The summed E-state index contributed by atoms with van der Waals surface area (Å²) < 4.78 is 0. The smallest absolute Gasteiger partial charge is 0.0638 e. The van der Waals surface area contributed by atoms with Crippen LogP contribution in [0.5, 0.6) is 0 Å². The fraction of sp³-hybridized carbons (Fsp3) is 1.00. The van der Waals surface area contributed by atoms with Crippen molar-refractivity contribution < 1.29 is 5.11 Å². The Morgan fingerprint density at radius 1 is 1.43 bits per heavy atom. The molecule has 1 unspecified atom stereocenters. The Bertz CT molecular complexity index is 153. The second-order valence-electron chi connectivity index (χ2n) is 4.82. The summed E-state index contributed by atoms with van der Waals surface area (Å²) in [5.74, 6) is 0.829. The van der Waals surface area contributed by atoms with Crippen LogP contribution in [-0.2, 0) is 0 Å². The molecule has 1 fully saturated rings. The molecule has 1 atom stereocenters. The largest absolute Gasteiger partial charge is 0.392 e. The minimum atomic E-state index is -0.203. The molecule has 0 aromatic carbocycles. The van der Waals surface area contributed by atoms with Crippen molar-refractivity contribution in [3.8, 4) is 0 Å². The SMILES string of the molecule is CC(O)CN(C)CC1CCN(C)CC1. The zero-order valence-corrected chi connectivity index (χ0v) is 9.74. The molecule has 0 radical (unpaired) electrons. The molecule has 1 rings (SSSR count). The van der Waals surface area contributed by atoms with Gasteiger partial charge in [-0.1, -0.05) is 0 Å². The lowest BCUT2D eigenvalue weighted by Gasteiger charge is -2.32. The molecule has 1 saturated heterocycles. The fourth-order valence-electron chi connectivity index (χ4n) is 2.21. The van der Waals surface area contributed by atoms with Gasteiger partial charge in [-0.25, -0.2) is 0 Å². The molecule has 0 aliphatic carbocycles. The van der Waals surface area contributed by atoms with Crippen molar-refractivity contribution in [1.29, 1.82) is 0 Å². The van der Waals surface area contributed by atoms with E-state index in [-0.39, 0.29) is 6.10 Å². The molecule has 3 heteroatoms. The van der Waals surface area contributed by atoms with E-state index < -0.39 is 0 Å². The molecule has 0 aromatic heterocycles. The van der Waals surface area contributed by atoms with Crippen LogP contribution in [0.25, 0.3) is 0 Å². The molecule has 1 heterocycles. The Hall–Kier alpha value is -0.120. The zero-order chi connectivity index (χ0) is 10.6. The van der Waals surface area contributed by atoms with Gasteiger partial charge in [-0.2, -0.15) is 0 Å². The van der Waals surface area contributed by atoms with Crippen molar-refractivity contribution in [1.82, 2.24) is 9.80 Å². The minimum Gasteiger partial charge on any atom is -0.392 e. The van der Waals surface area contributed by atoms with Crippen LogP contribution in [0.2, 0.25) is 0 Å². The third kappa shape index (κ3) is 4.40. The molecule has 3 nitrogen and oxygen atoms in total. The molecule has 0 spiro atoms. The van der Waals surface area contributed by atoms with Crippen LogP contribution in [0, 0.1) is 5.92 Å². The third-order valence-electron chi connectivity index (χ3n) is 2.98. The number of piperidine rings is 1. The van der Waals surface area contributed by atoms with Gasteiger partial charge in [0.2, 0.25) is 0 Å². The van der Waals surface area contributed by atoms with Crippen LogP contribution >= 0.6 is 0 Å². The maximum absolute atomic E-state index is 9.24. The second-order valence-corrected chi connectivity index (χ2v) is 4.82. The lowest BCUT2D eigenvalue weighted by Crippen LogP contribution is -2.37. The summed E-state index contributed by atoms with van der Waals surface area (Å²) in [6.07, 6.45) is 2.41. The number of hydrogen-bond acceptors (Lipinski definition) is 3. The quantitative estimate of drug-likeness (QED) is 0.721. The number of hydrogen-bond donors (Lipinski definition) is 1. The lowest BCUT2D eigenvalue weighted by atomic mass is 9.96. The van der Waals surface area contributed by atoms with Crippen LogP contribution in [-0.4, -0.2) is 61.3 Å². The number of nitrogens with zero attached hydrogens (tertiary/aromatic N) is 2. The van der Waals surface area contributed by atoms with E-state index in [1.54, 1.807) is 0 Å². The molecule has 0 aromatic rings. The monoisotopic (exact) mass is 200 g/mol. The average molecular weight is 200 g/mol. The van der Waals surface area contributed by atoms with E-state index in [1.165, 1.54) is 25.9 Å². The van der Waals surface area contributed by atoms with E-state index in [0.29, 0.717) is 0 Å². The van der Waals surface area contributed by atoms with E-state index in [0.717, 1.165) is 19.0 Å². The summed E-state index contributed by atoms with van der Waals surface area (Å²) in [5, 5.41) is 9.24. The standard InChI is InChI=1S/C11H24N2O/c1-10(14)8-13(3)9-11-4-6-12(2)7-5-11/h10-11,14H,4-9H2,1-3H3. The first-order valence-corrected chi connectivity index (χ1v) is 5.63. The van der Waals surface area contributed by atoms with Crippen molar-refractivity contribution in [2.45, 2.75) is 25.9 Å². The molecule has 14 heavy (non-hydrogen) atoms. The van der Waals surface area contributed by atoms with Gasteiger partial charge in [0.05, 0.1) is 6.10 Å². The number of aliphatic hydroxyl groups is 1. The van der Waals surface area contributed by atoms with Crippen LogP contribution in [0.15, 0.2) is 0 Å². The number of likely N-dealkylation sites (tertiary alicyclic amines) is 1. The fourth-order valence-corrected chi connectivity index (χ4v) is 2.21. The molecule has 1 N–H and O–H groups in total. The van der Waals surface area contributed by atoms with E-state index >= 15 is 0 Å². The topological polar surface area (TPSA) is 26.7 Å². The van der Waals surface area contributed by atoms with E-state index in [2.05, 4.69) is 23.9 Å². The van der Waals surface area contributed by atoms with Crippen molar-refractivity contribution >= 4 is 0 Å². The van der Waals surface area contributed by atoms with E-state index in [1.807, 2.05) is 6.92 Å². The normalized spacial score (nSPS) is 22.9. The third-order valence-corrected chi connectivity index (χ3v) is 2.98. The molecule has 1 aliphatic rings. The molecule has 0 saturated carbocycles. The summed E-state index contributed by atoms with van der Waals surface area (Å²) in [7, 11) is 4.29. The van der Waals surface area contributed by atoms with E-state index in [9.17, 15) is 5.11 Å². The summed E-state index contributed by atoms with van der Waals surface area (Å²) in [6, 6.07) is 0. The van der Waals surface area contributed by atoms with Gasteiger partial charge in [-0.05, 0) is 52.9 Å². The maximum atomic E-state index is 9.24. The predicted molar refractivity (Wildman–Crippen MR) is 59.4 cm³/mol. The highest BCUT2D eigenvalue weighted by atomic mass is 16.3. The summed E-state index contributed by atoms with van der Waals surface area (Å²) in [6.45, 7) is 6.25. The van der Waals surface area contributed by atoms with Crippen molar-refractivity contribution in [3.05, 3.63) is 0 Å². The second kappa shape index (κ2) is 5.69.